The Labute approximate surface area is 145 Å². The average molecular weight is 405 g/mol. The van der Waals surface area contributed by atoms with Gasteiger partial charge < -0.3 is 9.64 Å². The fourth-order valence-corrected chi connectivity index (χ4v) is 3.14. The molecule has 23 heavy (non-hydrogen) atoms. The molecule has 6 nitrogen and oxygen atoms in total. The van der Waals surface area contributed by atoms with Crippen molar-refractivity contribution in [3.63, 3.8) is 0 Å². The van der Waals surface area contributed by atoms with Crippen LogP contribution in [0.3, 0.4) is 0 Å². The Kier molecular flexibility index (Phi) is 6.43. The Morgan fingerprint density at radius 3 is 2.35 bits per heavy atom. The number of hydrogen-bond acceptors (Lipinski definition) is 5. The highest BCUT2D eigenvalue weighted by atomic mass is 79.9. The van der Waals surface area contributed by atoms with E-state index in [9.17, 15) is 13.2 Å². The van der Waals surface area contributed by atoms with Gasteiger partial charge in [0, 0.05) is 43.5 Å². The van der Waals surface area contributed by atoms with Gasteiger partial charge in [0.05, 0.1) is 5.75 Å². The summed E-state index contributed by atoms with van der Waals surface area (Å²) in [6, 6.07) is 7.34. The summed E-state index contributed by atoms with van der Waals surface area (Å²) >= 11 is 3.35. The second-order valence-corrected chi connectivity index (χ2v) is 8.77. The number of ether oxygens (including phenoxy) is 1. The molecule has 128 valence electrons. The number of piperazine rings is 1. The first-order valence-corrected chi connectivity index (χ1v) is 10.2. The van der Waals surface area contributed by atoms with Gasteiger partial charge in [0.1, 0.15) is 15.6 Å². The molecule has 0 atom stereocenters. The largest absolute Gasteiger partial charge is 0.484 e. The molecule has 1 saturated heterocycles. The van der Waals surface area contributed by atoms with Crippen molar-refractivity contribution in [1.82, 2.24) is 9.80 Å². The van der Waals surface area contributed by atoms with Gasteiger partial charge in [-0.1, -0.05) is 15.9 Å². The van der Waals surface area contributed by atoms with E-state index in [4.69, 9.17) is 4.74 Å². The monoisotopic (exact) mass is 404 g/mol. The molecule has 1 heterocycles. The normalized spacial score (nSPS) is 16.3. The highest BCUT2D eigenvalue weighted by Gasteiger charge is 2.21. The van der Waals surface area contributed by atoms with Crippen LogP contribution >= 0.6 is 15.9 Å². The minimum absolute atomic E-state index is 0.0188. The molecule has 0 aliphatic carbocycles. The van der Waals surface area contributed by atoms with Crippen molar-refractivity contribution in [3.05, 3.63) is 28.7 Å². The van der Waals surface area contributed by atoms with Crippen molar-refractivity contribution in [2.75, 3.05) is 51.3 Å². The minimum atomic E-state index is -2.94. The second kappa shape index (κ2) is 8.12. The molecular weight excluding hydrogens is 384 g/mol. The van der Waals surface area contributed by atoms with Crippen molar-refractivity contribution in [1.29, 1.82) is 0 Å². The number of carbonyl (C=O) groups excluding carboxylic acids is 1. The van der Waals surface area contributed by atoms with E-state index in [0.717, 1.165) is 4.47 Å². The summed E-state index contributed by atoms with van der Waals surface area (Å²) in [4.78, 5) is 16.0. The molecule has 0 aromatic heterocycles. The first-order chi connectivity index (χ1) is 10.8. The van der Waals surface area contributed by atoms with E-state index in [0.29, 0.717) is 38.5 Å². The predicted molar refractivity (Wildman–Crippen MR) is 92.4 cm³/mol. The van der Waals surface area contributed by atoms with Crippen LogP contribution in [-0.4, -0.2) is 75.5 Å². The van der Waals surface area contributed by atoms with Crippen molar-refractivity contribution >= 4 is 31.7 Å². The summed E-state index contributed by atoms with van der Waals surface area (Å²) in [5, 5.41) is 0. The van der Waals surface area contributed by atoms with Gasteiger partial charge in [-0.05, 0) is 24.3 Å². The highest BCUT2D eigenvalue weighted by molar-refractivity contribution is 9.10. The van der Waals surface area contributed by atoms with Gasteiger partial charge in [-0.3, -0.25) is 9.69 Å². The van der Waals surface area contributed by atoms with Gasteiger partial charge in [-0.2, -0.15) is 0 Å². The molecule has 1 fully saturated rings. The van der Waals surface area contributed by atoms with Crippen LogP contribution in [-0.2, 0) is 14.6 Å². The molecule has 1 aliphatic heterocycles. The summed E-state index contributed by atoms with van der Waals surface area (Å²) in [5.74, 6) is 0.775. The quantitative estimate of drug-likeness (QED) is 0.707. The van der Waals surface area contributed by atoms with Crippen LogP contribution in [0.15, 0.2) is 28.7 Å². The minimum Gasteiger partial charge on any atom is -0.484 e. The topological polar surface area (TPSA) is 66.9 Å². The third-order valence-electron chi connectivity index (χ3n) is 3.68. The average Bonchev–Trinajstić information content (AvgIpc) is 2.52. The Balaban J connectivity index is 1.72. The molecule has 0 bridgehead atoms. The van der Waals surface area contributed by atoms with Crippen LogP contribution in [0.4, 0.5) is 0 Å². The first-order valence-electron chi connectivity index (χ1n) is 7.40. The zero-order valence-electron chi connectivity index (χ0n) is 13.1. The van der Waals surface area contributed by atoms with Crippen LogP contribution < -0.4 is 4.74 Å². The van der Waals surface area contributed by atoms with Gasteiger partial charge in [0.2, 0.25) is 0 Å². The third kappa shape index (κ3) is 6.48. The van der Waals surface area contributed by atoms with E-state index in [1.54, 1.807) is 17.0 Å². The SMILES string of the molecule is CS(=O)(=O)CCN1CCN(C(=O)COc2ccc(Br)cc2)CC1. The fraction of sp³-hybridized carbons (Fsp3) is 0.533. The third-order valence-corrected chi connectivity index (χ3v) is 5.13. The Morgan fingerprint density at radius 2 is 1.78 bits per heavy atom. The number of sulfone groups is 1. The number of benzene rings is 1. The number of hydrogen-bond donors (Lipinski definition) is 0. The van der Waals surface area contributed by atoms with E-state index in [1.807, 2.05) is 12.1 Å². The molecular formula is C15H21BrN2O4S. The lowest BCUT2D eigenvalue weighted by molar-refractivity contribution is -0.135. The maximum Gasteiger partial charge on any atom is 0.260 e. The summed E-state index contributed by atoms with van der Waals surface area (Å²) in [7, 11) is -2.94. The van der Waals surface area contributed by atoms with Crippen LogP contribution in [0.5, 0.6) is 5.75 Å². The Hall–Kier alpha value is -1.12. The lowest BCUT2D eigenvalue weighted by atomic mass is 10.3. The van der Waals surface area contributed by atoms with Crippen molar-refractivity contribution in [2.24, 2.45) is 0 Å². The summed E-state index contributed by atoms with van der Waals surface area (Å²) in [6.45, 7) is 3.14. The van der Waals surface area contributed by atoms with Crippen LogP contribution in [0.1, 0.15) is 0 Å². The lowest BCUT2D eigenvalue weighted by Gasteiger charge is -2.34. The number of rotatable bonds is 6. The molecule has 1 aromatic rings. The van der Waals surface area contributed by atoms with Crippen LogP contribution in [0.2, 0.25) is 0 Å². The van der Waals surface area contributed by atoms with Gasteiger partial charge in [0.25, 0.3) is 5.91 Å². The second-order valence-electron chi connectivity index (χ2n) is 5.59. The standard InChI is InChI=1S/C15H21BrN2O4S/c1-23(20,21)11-10-17-6-8-18(9-7-17)15(19)12-22-14-4-2-13(16)3-5-14/h2-5H,6-12H2,1H3. The molecule has 8 heteroatoms. The lowest BCUT2D eigenvalue weighted by Crippen LogP contribution is -2.50. The molecule has 2 rings (SSSR count). The van der Waals surface area contributed by atoms with E-state index in [1.165, 1.54) is 6.26 Å². The van der Waals surface area contributed by atoms with Gasteiger partial charge in [0.15, 0.2) is 6.61 Å². The van der Waals surface area contributed by atoms with Crippen LogP contribution in [0.25, 0.3) is 0 Å². The molecule has 0 radical (unpaired) electrons. The molecule has 1 aromatic carbocycles. The Bertz CT molecular complexity index is 625. The number of carbonyl (C=O) groups is 1. The molecule has 0 unspecified atom stereocenters. The highest BCUT2D eigenvalue weighted by Crippen LogP contribution is 2.16. The fourth-order valence-electron chi connectivity index (χ4n) is 2.28. The Morgan fingerprint density at radius 1 is 1.17 bits per heavy atom. The van der Waals surface area contributed by atoms with Crippen molar-refractivity contribution in [2.45, 2.75) is 0 Å². The maximum absolute atomic E-state index is 12.1. The number of halogens is 1. The van der Waals surface area contributed by atoms with Gasteiger partial charge in [-0.15, -0.1) is 0 Å². The van der Waals surface area contributed by atoms with Gasteiger partial charge >= 0.3 is 0 Å². The van der Waals surface area contributed by atoms with Crippen molar-refractivity contribution < 1.29 is 17.9 Å². The molecule has 1 amide bonds. The van der Waals surface area contributed by atoms with E-state index in [-0.39, 0.29) is 18.3 Å². The van der Waals surface area contributed by atoms with Gasteiger partial charge in [-0.25, -0.2) is 8.42 Å². The van der Waals surface area contributed by atoms with E-state index >= 15 is 0 Å². The zero-order chi connectivity index (χ0) is 16.9. The molecule has 0 saturated carbocycles. The maximum atomic E-state index is 12.1. The summed E-state index contributed by atoms with van der Waals surface area (Å²) in [5.41, 5.74) is 0. The molecule has 0 N–H and O–H groups in total. The first kappa shape index (κ1) is 18.2. The zero-order valence-corrected chi connectivity index (χ0v) is 15.5. The van der Waals surface area contributed by atoms with E-state index in [2.05, 4.69) is 20.8 Å². The molecule has 0 spiro atoms. The van der Waals surface area contributed by atoms with Crippen molar-refractivity contribution in [3.8, 4) is 5.75 Å². The predicted octanol–water partition coefficient (Wildman–Crippen LogP) is 1.02. The number of amides is 1. The van der Waals surface area contributed by atoms with E-state index < -0.39 is 9.84 Å². The summed E-state index contributed by atoms with van der Waals surface area (Å²) < 4.78 is 28.8. The summed E-state index contributed by atoms with van der Waals surface area (Å²) in [6.07, 6.45) is 1.24. The number of nitrogens with zero attached hydrogens (tertiary/aromatic N) is 2. The molecule has 1 aliphatic rings. The smallest absolute Gasteiger partial charge is 0.260 e. The van der Waals surface area contributed by atoms with Crippen LogP contribution in [0, 0.1) is 0 Å².